The molecule has 5 nitrogen and oxygen atoms in total. The highest BCUT2D eigenvalue weighted by Crippen LogP contribution is 2.36. The summed E-state index contributed by atoms with van der Waals surface area (Å²) in [7, 11) is 0. The molecule has 2 aromatic carbocycles. The molecule has 3 rings (SSSR count). The Morgan fingerprint density at radius 1 is 1.03 bits per heavy atom. The Morgan fingerprint density at radius 2 is 1.77 bits per heavy atom. The molecule has 1 aliphatic heterocycles. The van der Waals surface area contributed by atoms with Gasteiger partial charge in [0.1, 0.15) is 5.70 Å². The third kappa shape index (κ3) is 4.65. The second-order valence-corrected chi connectivity index (χ2v) is 8.34. The summed E-state index contributed by atoms with van der Waals surface area (Å²) in [6.45, 7) is 5.97. The quantitative estimate of drug-likeness (QED) is 0.541. The first kappa shape index (κ1) is 22.6. The van der Waals surface area contributed by atoms with Crippen molar-refractivity contribution in [1.29, 1.82) is 0 Å². The van der Waals surface area contributed by atoms with Crippen molar-refractivity contribution in [3.63, 3.8) is 0 Å². The first-order chi connectivity index (χ1) is 14.2. The van der Waals surface area contributed by atoms with E-state index in [-0.39, 0.29) is 35.5 Å². The molecule has 1 heterocycles. The zero-order valence-corrected chi connectivity index (χ0v) is 19.0. The Balaban J connectivity index is 2.05. The number of anilines is 1. The molecule has 30 heavy (non-hydrogen) atoms. The van der Waals surface area contributed by atoms with E-state index in [2.05, 4.69) is 5.32 Å². The molecule has 0 unspecified atom stereocenters. The highest BCUT2D eigenvalue weighted by molar-refractivity contribution is 6.41. The zero-order valence-electron chi connectivity index (χ0n) is 16.8. The van der Waals surface area contributed by atoms with Crippen LogP contribution >= 0.6 is 34.8 Å². The lowest BCUT2D eigenvalue weighted by Crippen LogP contribution is -2.35. The van der Waals surface area contributed by atoms with Crippen LogP contribution in [0.2, 0.25) is 15.1 Å². The number of carbonyl (C=O) groups excluding carboxylic acids is 2. The zero-order chi connectivity index (χ0) is 22.0. The fourth-order valence-corrected chi connectivity index (χ4v) is 3.77. The van der Waals surface area contributed by atoms with E-state index < -0.39 is 11.8 Å². The molecular weight excluding hydrogens is 447 g/mol. The molecule has 2 aromatic rings. The fraction of sp³-hybridized carbons (Fsp3) is 0.273. The summed E-state index contributed by atoms with van der Waals surface area (Å²) in [5.74, 6) is -0.897. The maximum Gasteiger partial charge on any atom is 0.278 e. The van der Waals surface area contributed by atoms with Crippen molar-refractivity contribution in [1.82, 2.24) is 4.90 Å². The lowest BCUT2D eigenvalue weighted by Gasteiger charge is -2.17. The molecule has 0 spiro atoms. The van der Waals surface area contributed by atoms with Crippen molar-refractivity contribution in [2.45, 2.75) is 26.9 Å². The fourth-order valence-electron chi connectivity index (χ4n) is 3.09. The average molecular weight is 468 g/mol. The molecule has 1 aliphatic rings. The van der Waals surface area contributed by atoms with E-state index in [0.29, 0.717) is 21.3 Å². The Morgan fingerprint density at radius 3 is 2.43 bits per heavy atom. The van der Waals surface area contributed by atoms with E-state index in [0.717, 1.165) is 10.5 Å². The predicted octanol–water partition coefficient (Wildman–Crippen LogP) is 5.57. The Hall–Kier alpha value is -2.05. The maximum absolute atomic E-state index is 13.2. The maximum atomic E-state index is 13.2. The molecule has 0 aromatic heterocycles. The molecule has 2 amide bonds. The van der Waals surface area contributed by atoms with Crippen molar-refractivity contribution >= 4 is 57.9 Å². The third-order valence-corrected chi connectivity index (χ3v) is 5.62. The van der Waals surface area contributed by atoms with Crippen LogP contribution < -0.4 is 5.32 Å². The number of nitrogens with one attached hydrogen (secondary N) is 1. The monoisotopic (exact) mass is 466 g/mol. The lowest BCUT2D eigenvalue weighted by molar-refractivity contribution is -0.137. The van der Waals surface area contributed by atoms with Gasteiger partial charge in [0.15, 0.2) is 0 Å². The predicted molar refractivity (Wildman–Crippen MR) is 121 cm³/mol. The number of carbonyl (C=O) groups is 2. The van der Waals surface area contributed by atoms with Crippen LogP contribution in [-0.2, 0) is 14.3 Å². The van der Waals surface area contributed by atoms with E-state index in [1.165, 1.54) is 6.07 Å². The van der Waals surface area contributed by atoms with Crippen molar-refractivity contribution in [2.75, 3.05) is 18.5 Å². The number of hydrogen-bond acceptors (Lipinski definition) is 4. The summed E-state index contributed by atoms with van der Waals surface area (Å²) in [5.41, 5.74) is 2.13. The molecule has 0 radical (unpaired) electrons. The third-order valence-electron chi connectivity index (χ3n) is 4.66. The second-order valence-electron chi connectivity index (χ2n) is 7.09. The smallest absolute Gasteiger partial charge is 0.278 e. The van der Waals surface area contributed by atoms with E-state index in [1.54, 1.807) is 30.3 Å². The van der Waals surface area contributed by atoms with Crippen molar-refractivity contribution < 1.29 is 14.3 Å². The van der Waals surface area contributed by atoms with E-state index in [1.807, 2.05) is 20.8 Å². The molecule has 0 aliphatic carbocycles. The molecule has 0 fully saturated rings. The van der Waals surface area contributed by atoms with Crippen molar-refractivity contribution in [3.05, 3.63) is 68.3 Å². The summed E-state index contributed by atoms with van der Waals surface area (Å²) >= 11 is 18.6. The van der Waals surface area contributed by atoms with Crippen LogP contribution in [0.5, 0.6) is 0 Å². The van der Waals surface area contributed by atoms with Crippen molar-refractivity contribution in [2.24, 2.45) is 0 Å². The molecular formula is C22H21Cl3N2O3. The summed E-state index contributed by atoms with van der Waals surface area (Å²) in [6.07, 6.45) is -0.0114. The second kappa shape index (κ2) is 9.40. The number of imide groups is 1. The van der Waals surface area contributed by atoms with Gasteiger partial charge in [0.05, 0.1) is 29.9 Å². The van der Waals surface area contributed by atoms with Crippen LogP contribution in [0.25, 0.3) is 5.57 Å². The number of benzene rings is 2. The number of nitrogens with zero attached hydrogens (tertiary/aromatic N) is 1. The van der Waals surface area contributed by atoms with Gasteiger partial charge in [-0.25, -0.2) is 0 Å². The highest BCUT2D eigenvalue weighted by Gasteiger charge is 2.40. The van der Waals surface area contributed by atoms with Gasteiger partial charge in [0, 0.05) is 21.3 Å². The number of amides is 2. The van der Waals surface area contributed by atoms with Gasteiger partial charge >= 0.3 is 0 Å². The van der Waals surface area contributed by atoms with Crippen LogP contribution in [0.4, 0.5) is 5.69 Å². The van der Waals surface area contributed by atoms with E-state index >= 15 is 0 Å². The first-order valence-corrected chi connectivity index (χ1v) is 10.5. The minimum Gasteiger partial charge on any atom is -0.377 e. The molecule has 8 heteroatoms. The summed E-state index contributed by atoms with van der Waals surface area (Å²) in [6, 6.07) is 10.1. The standard InChI is InChI=1S/C22H21Cl3N2O3/c1-12(2)30-10-9-27-21(28)19(15-8-7-14(23)11-17(15)25)20(22(27)29)26-18-6-4-5-16(24)13(18)3/h4-8,11-12,26H,9-10H2,1-3H3. The normalized spacial score (nSPS) is 14.3. The molecule has 0 saturated heterocycles. The summed E-state index contributed by atoms with van der Waals surface area (Å²) in [4.78, 5) is 27.6. The van der Waals surface area contributed by atoms with E-state index in [9.17, 15) is 9.59 Å². The molecule has 0 atom stereocenters. The molecule has 1 N–H and O–H groups in total. The minimum atomic E-state index is -0.451. The van der Waals surface area contributed by atoms with Gasteiger partial charge in [0.2, 0.25) is 0 Å². The van der Waals surface area contributed by atoms with E-state index in [4.69, 9.17) is 39.5 Å². The Kier molecular flexibility index (Phi) is 7.09. The Labute approximate surface area is 190 Å². The topological polar surface area (TPSA) is 58.6 Å². The lowest BCUT2D eigenvalue weighted by atomic mass is 10.0. The molecule has 0 bridgehead atoms. The number of rotatable bonds is 7. The van der Waals surface area contributed by atoms with Gasteiger partial charge < -0.3 is 10.1 Å². The SMILES string of the molecule is Cc1c(Cl)cccc1NC1=C(c2ccc(Cl)cc2Cl)C(=O)N(CCOC(C)C)C1=O. The summed E-state index contributed by atoms with van der Waals surface area (Å²) in [5, 5.41) is 4.36. The van der Waals surface area contributed by atoms with Gasteiger partial charge in [-0.2, -0.15) is 0 Å². The average Bonchev–Trinajstić information content (AvgIpc) is 2.90. The largest absolute Gasteiger partial charge is 0.377 e. The van der Waals surface area contributed by atoms with Gasteiger partial charge in [-0.1, -0.05) is 46.9 Å². The van der Waals surface area contributed by atoms with Gasteiger partial charge in [-0.15, -0.1) is 0 Å². The minimum absolute atomic E-state index is 0.0114. The van der Waals surface area contributed by atoms with Gasteiger partial charge in [0.25, 0.3) is 11.8 Å². The first-order valence-electron chi connectivity index (χ1n) is 9.40. The Bertz CT molecular complexity index is 1030. The van der Waals surface area contributed by atoms with Crippen LogP contribution in [0.1, 0.15) is 25.0 Å². The van der Waals surface area contributed by atoms with Gasteiger partial charge in [-0.05, 0) is 50.6 Å². The molecule has 0 saturated carbocycles. The highest BCUT2D eigenvalue weighted by atomic mass is 35.5. The van der Waals surface area contributed by atoms with Crippen LogP contribution in [0, 0.1) is 6.92 Å². The number of ether oxygens (including phenoxy) is 1. The van der Waals surface area contributed by atoms with Gasteiger partial charge in [-0.3, -0.25) is 14.5 Å². The van der Waals surface area contributed by atoms with Crippen molar-refractivity contribution in [3.8, 4) is 0 Å². The van der Waals surface area contributed by atoms with Crippen LogP contribution in [0.15, 0.2) is 42.1 Å². The number of halogens is 3. The van der Waals surface area contributed by atoms with Crippen LogP contribution in [-0.4, -0.2) is 36.0 Å². The summed E-state index contributed by atoms with van der Waals surface area (Å²) < 4.78 is 5.52. The number of hydrogen-bond donors (Lipinski definition) is 1. The van der Waals surface area contributed by atoms with Crippen LogP contribution in [0.3, 0.4) is 0 Å². The molecule has 158 valence electrons.